The average Bonchev–Trinajstić information content (AvgIpc) is 3.34. The number of hydrogen-bond acceptors (Lipinski definition) is 4. The van der Waals surface area contributed by atoms with Crippen LogP contribution in [0.15, 0.2) is 54.6 Å². The van der Waals surface area contributed by atoms with Crippen LogP contribution in [0.3, 0.4) is 0 Å². The Kier molecular flexibility index (Phi) is 5.62. The molecule has 1 atom stereocenters. The minimum absolute atomic E-state index is 0.0912. The largest absolute Gasteiger partial charge is 0.457 e. The second kappa shape index (κ2) is 8.49. The van der Waals surface area contributed by atoms with E-state index < -0.39 is 0 Å². The van der Waals surface area contributed by atoms with Gasteiger partial charge in [-0.2, -0.15) is 5.10 Å². The summed E-state index contributed by atoms with van der Waals surface area (Å²) < 4.78 is 13.3. The molecule has 6 nitrogen and oxygen atoms in total. The number of anilines is 1. The summed E-state index contributed by atoms with van der Waals surface area (Å²) >= 11 is 0. The van der Waals surface area contributed by atoms with Crippen molar-refractivity contribution in [1.29, 1.82) is 0 Å². The van der Waals surface area contributed by atoms with Crippen LogP contribution in [0, 0.1) is 13.8 Å². The Bertz CT molecular complexity index is 992. The van der Waals surface area contributed by atoms with Gasteiger partial charge in [0.15, 0.2) is 0 Å². The van der Waals surface area contributed by atoms with Crippen molar-refractivity contribution in [2.45, 2.75) is 39.3 Å². The molecule has 1 aliphatic rings. The summed E-state index contributed by atoms with van der Waals surface area (Å²) in [6.45, 7) is 5.12. The predicted molar refractivity (Wildman–Crippen MR) is 111 cm³/mol. The molecule has 2 heterocycles. The molecule has 1 N–H and O–H groups in total. The highest BCUT2D eigenvalue weighted by molar-refractivity contribution is 5.95. The first kappa shape index (κ1) is 19.2. The van der Waals surface area contributed by atoms with Gasteiger partial charge in [-0.1, -0.05) is 30.3 Å². The monoisotopic (exact) mass is 391 g/mol. The van der Waals surface area contributed by atoms with Crippen LogP contribution in [0.4, 0.5) is 5.69 Å². The maximum atomic E-state index is 12.4. The number of carbonyl (C=O) groups excluding carboxylic acids is 1. The zero-order valence-electron chi connectivity index (χ0n) is 16.7. The van der Waals surface area contributed by atoms with E-state index in [1.807, 2.05) is 73.1 Å². The van der Waals surface area contributed by atoms with Crippen LogP contribution in [0.25, 0.3) is 0 Å². The lowest BCUT2D eigenvalue weighted by Crippen LogP contribution is -2.27. The van der Waals surface area contributed by atoms with Gasteiger partial charge in [0, 0.05) is 6.61 Å². The minimum atomic E-state index is -0.357. The van der Waals surface area contributed by atoms with E-state index in [-0.39, 0.29) is 12.0 Å². The van der Waals surface area contributed by atoms with Crippen LogP contribution in [0.2, 0.25) is 0 Å². The van der Waals surface area contributed by atoms with Crippen molar-refractivity contribution in [2.75, 3.05) is 11.9 Å². The van der Waals surface area contributed by atoms with Crippen LogP contribution in [0.5, 0.6) is 11.5 Å². The van der Waals surface area contributed by atoms with Crippen LogP contribution in [-0.4, -0.2) is 28.4 Å². The van der Waals surface area contributed by atoms with Crippen molar-refractivity contribution in [3.05, 3.63) is 71.5 Å². The van der Waals surface area contributed by atoms with Crippen LogP contribution >= 0.6 is 0 Å². The van der Waals surface area contributed by atoms with E-state index in [1.54, 1.807) is 0 Å². The van der Waals surface area contributed by atoms with Gasteiger partial charge in [0.05, 0.1) is 23.6 Å². The number of aryl methyl sites for hydroxylation is 1. The Morgan fingerprint density at radius 1 is 1.17 bits per heavy atom. The summed E-state index contributed by atoms with van der Waals surface area (Å²) in [6, 6.07) is 17.7. The van der Waals surface area contributed by atoms with Crippen molar-refractivity contribution in [2.24, 2.45) is 0 Å². The van der Waals surface area contributed by atoms with E-state index in [0.29, 0.717) is 13.2 Å². The highest BCUT2D eigenvalue weighted by Crippen LogP contribution is 2.25. The molecule has 150 valence electrons. The lowest BCUT2D eigenvalue weighted by Gasteiger charge is -2.11. The molecule has 6 heteroatoms. The fourth-order valence-electron chi connectivity index (χ4n) is 3.52. The summed E-state index contributed by atoms with van der Waals surface area (Å²) in [5, 5.41) is 7.62. The SMILES string of the molecule is Cc1nn(Cc2cccc(Oc3ccccc3)c2)c(C)c1NC(=O)C1CCCO1. The highest BCUT2D eigenvalue weighted by Gasteiger charge is 2.25. The molecular weight excluding hydrogens is 366 g/mol. The summed E-state index contributed by atoms with van der Waals surface area (Å²) in [6.07, 6.45) is 1.34. The van der Waals surface area contributed by atoms with Gasteiger partial charge in [-0.05, 0) is 56.5 Å². The van der Waals surface area contributed by atoms with Crippen molar-refractivity contribution < 1.29 is 14.3 Å². The smallest absolute Gasteiger partial charge is 0.253 e. The van der Waals surface area contributed by atoms with Crippen LogP contribution in [0.1, 0.15) is 29.8 Å². The molecular formula is C23H25N3O3. The topological polar surface area (TPSA) is 65.4 Å². The van der Waals surface area contributed by atoms with Gasteiger partial charge in [-0.25, -0.2) is 0 Å². The van der Waals surface area contributed by atoms with Gasteiger partial charge in [0.1, 0.15) is 17.6 Å². The molecule has 1 aromatic heterocycles. The standard InChI is InChI=1S/C23H25N3O3/c1-16-22(24-23(27)21-12-7-13-28-21)17(2)26(25-16)15-18-8-6-11-20(14-18)29-19-9-4-3-5-10-19/h3-6,8-11,14,21H,7,12-13,15H2,1-2H3,(H,24,27). The number of hydrogen-bond donors (Lipinski definition) is 1. The van der Waals surface area contributed by atoms with Gasteiger partial charge < -0.3 is 14.8 Å². The van der Waals surface area contributed by atoms with E-state index in [2.05, 4.69) is 10.4 Å². The van der Waals surface area contributed by atoms with E-state index in [4.69, 9.17) is 9.47 Å². The molecule has 1 unspecified atom stereocenters. The Hall–Kier alpha value is -3.12. The van der Waals surface area contributed by atoms with E-state index in [0.717, 1.165) is 47.0 Å². The van der Waals surface area contributed by atoms with E-state index in [9.17, 15) is 4.79 Å². The summed E-state index contributed by atoms with van der Waals surface area (Å²) in [4.78, 5) is 12.4. The number of nitrogens with one attached hydrogen (secondary N) is 1. The Balaban J connectivity index is 1.48. The summed E-state index contributed by atoms with van der Waals surface area (Å²) in [7, 11) is 0. The summed E-state index contributed by atoms with van der Waals surface area (Å²) in [5.74, 6) is 1.49. The number of nitrogens with zero attached hydrogens (tertiary/aromatic N) is 2. The van der Waals surface area contributed by atoms with Crippen LogP contribution < -0.4 is 10.1 Å². The van der Waals surface area contributed by atoms with Gasteiger partial charge in [0.2, 0.25) is 0 Å². The number of aromatic nitrogens is 2. The number of para-hydroxylation sites is 1. The molecule has 0 saturated carbocycles. The molecule has 29 heavy (non-hydrogen) atoms. The van der Waals surface area contributed by atoms with Crippen molar-refractivity contribution in [3.63, 3.8) is 0 Å². The third kappa shape index (κ3) is 4.49. The Morgan fingerprint density at radius 2 is 1.97 bits per heavy atom. The third-order valence-corrected chi connectivity index (χ3v) is 5.06. The van der Waals surface area contributed by atoms with Crippen molar-refractivity contribution in [3.8, 4) is 11.5 Å². The number of amides is 1. The van der Waals surface area contributed by atoms with Gasteiger partial charge in [-0.15, -0.1) is 0 Å². The number of carbonyl (C=O) groups is 1. The van der Waals surface area contributed by atoms with E-state index in [1.165, 1.54) is 0 Å². The fourth-order valence-corrected chi connectivity index (χ4v) is 3.52. The number of rotatable bonds is 6. The molecule has 4 rings (SSSR count). The molecule has 0 bridgehead atoms. The lowest BCUT2D eigenvalue weighted by molar-refractivity contribution is -0.124. The molecule has 3 aromatic rings. The van der Waals surface area contributed by atoms with Gasteiger partial charge in [0.25, 0.3) is 5.91 Å². The minimum Gasteiger partial charge on any atom is -0.457 e. The first-order valence-electron chi connectivity index (χ1n) is 9.88. The molecule has 1 fully saturated rings. The molecule has 0 radical (unpaired) electrons. The molecule has 0 spiro atoms. The Morgan fingerprint density at radius 3 is 2.72 bits per heavy atom. The molecule has 1 amide bonds. The maximum absolute atomic E-state index is 12.4. The van der Waals surface area contributed by atoms with E-state index >= 15 is 0 Å². The van der Waals surface area contributed by atoms with Crippen LogP contribution in [-0.2, 0) is 16.1 Å². The first-order chi connectivity index (χ1) is 14.1. The highest BCUT2D eigenvalue weighted by atomic mass is 16.5. The van der Waals surface area contributed by atoms with Gasteiger partial charge in [-0.3, -0.25) is 9.48 Å². The van der Waals surface area contributed by atoms with Crippen molar-refractivity contribution in [1.82, 2.24) is 9.78 Å². The Labute approximate surface area is 170 Å². The predicted octanol–water partition coefficient (Wildman–Crippen LogP) is 4.46. The molecule has 2 aromatic carbocycles. The maximum Gasteiger partial charge on any atom is 0.253 e. The average molecular weight is 391 g/mol. The summed E-state index contributed by atoms with van der Waals surface area (Å²) in [5.41, 5.74) is 3.55. The van der Waals surface area contributed by atoms with Gasteiger partial charge >= 0.3 is 0 Å². The second-order valence-electron chi connectivity index (χ2n) is 7.26. The lowest BCUT2D eigenvalue weighted by atomic mass is 10.2. The fraction of sp³-hybridized carbons (Fsp3) is 0.304. The molecule has 0 aliphatic carbocycles. The number of ether oxygens (including phenoxy) is 2. The third-order valence-electron chi connectivity index (χ3n) is 5.06. The quantitative estimate of drug-likeness (QED) is 0.674. The zero-order valence-corrected chi connectivity index (χ0v) is 16.7. The molecule has 1 aliphatic heterocycles. The van der Waals surface area contributed by atoms with Crippen molar-refractivity contribution >= 4 is 11.6 Å². The second-order valence-corrected chi connectivity index (χ2v) is 7.26. The first-order valence-corrected chi connectivity index (χ1v) is 9.88. The zero-order chi connectivity index (χ0) is 20.2. The molecule has 1 saturated heterocycles. The normalized spacial score (nSPS) is 16.0. The number of benzene rings is 2.